The van der Waals surface area contributed by atoms with Crippen molar-refractivity contribution in [3.63, 3.8) is 0 Å². The molecule has 0 aromatic heterocycles. The molecule has 7 heteroatoms. The van der Waals surface area contributed by atoms with Crippen LogP contribution in [-0.2, 0) is 14.2 Å². The van der Waals surface area contributed by atoms with Gasteiger partial charge in [-0.3, -0.25) is 4.99 Å². The molecule has 6 nitrogen and oxygen atoms in total. The lowest BCUT2D eigenvalue weighted by Gasteiger charge is -2.40. The highest BCUT2D eigenvalue weighted by Gasteiger charge is 2.33. The Kier molecular flexibility index (Phi) is 11.6. The molecular formula is C22H42IN3O3. The number of rotatable bonds is 8. The zero-order valence-electron chi connectivity index (χ0n) is 18.5. The zero-order valence-corrected chi connectivity index (χ0v) is 20.8. The van der Waals surface area contributed by atoms with Crippen molar-refractivity contribution >= 4 is 29.9 Å². The zero-order chi connectivity index (χ0) is 19.7. The lowest BCUT2D eigenvalue weighted by molar-refractivity contribution is -0.0662. The molecule has 1 aliphatic carbocycles. The Labute approximate surface area is 194 Å². The minimum absolute atomic E-state index is 0. The van der Waals surface area contributed by atoms with Crippen LogP contribution >= 0.6 is 24.0 Å². The van der Waals surface area contributed by atoms with Gasteiger partial charge < -0.3 is 24.4 Å². The molecule has 3 aliphatic rings. The van der Waals surface area contributed by atoms with Crippen LogP contribution in [0.15, 0.2) is 4.99 Å². The molecule has 2 saturated heterocycles. The molecule has 2 aliphatic heterocycles. The second-order valence-corrected chi connectivity index (χ2v) is 8.65. The van der Waals surface area contributed by atoms with E-state index in [9.17, 15) is 0 Å². The van der Waals surface area contributed by atoms with Crippen LogP contribution < -0.4 is 5.32 Å². The number of likely N-dealkylation sites (tertiary alicyclic amines) is 1. The fourth-order valence-electron chi connectivity index (χ4n) is 4.71. The molecule has 0 aromatic rings. The molecule has 1 saturated carbocycles. The van der Waals surface area contributed by atoms with E-state index in [4.69, 9.17) is 14.2 Å². The van der Waals surface area contributed by atoms with Crippen LogP contribution in [0, 0.1) is 0 Å². The largest absolute Gasteiger partial charge is 0.376 e. The fraction of sp³-hybridized carbons (Fsp3) is 0.955. The first kappa shape index (κ1) is 25.1. The van der Waals surface area contributed by atoms with E-state index >= 15 is 0 Å². The monoisotopic (exact) mass is 523 g/mol. The standard InChI is InChI=1S/C22H41N3O3.HI/c1-3-15-28-22(11-5-4-6-12-22)18-24-21(23-2)25-13-9-19(10-14-25)27-17-20-8-7-16-26-20;/h19-20H,3-18H2,1-2H3,(H,23,24);1H. The number of ether oxygens (including phenoxy) is 3. The first-order chi connectivity index (χ1) is 13.7. The third kappa shape index (κ3) is 7.82. The topological polar surface area (TPSA) is 55.3 Å². The van der Waals surface area contributed by atoms with Crippen LogP contribution in [0.5, 0.6) is 0 Å². The highest BCUT2D eigenvalue weighted by atomic mass is 127. The van der Waals surface area contributed by atoms with Crippen molar-refractivity contribution in [2.45, 2.75) is 88.9 Å². The van der Waals surface area contributed by atoms with Crippen LogP contribution in [0.25, 0.3) is 0 Å². The van der Waals surface area contributed by atoms with E-state index in [-0.39, 0.29) is 29.6 Å². The summed E-state index contributed by atoms with van der Waals surface area (Å²) >= 11 is 0. The predicted molar refractivity (Wildman–Crippen MR) is 128 cm³/mol. The molecule has 0 amide bonds. The molecule has 1 atom stereocenters. The van der Waals surface area contributed by atoms with Gasteiger partial charge in [0.25, 0.3) is 0 Å². The van der Waals surface area contributed by atoms with E-state index in [0.717, 1.165) is 83.9 Å². The van der Waals surface area contributed by atoms with Gasteiger partial charge >= 0.3 is 0 Å². The molecule has 1 unspecified atom stereocenters. The Morgan fingerprint density at radius 2 is 1.90 bits per heavy atom. The van der Waals surface area contributed by atoms with Gasteiger partial charge in [0, 0.05) is 39.9 Å². The third-order valence-electron chi connectivity index (χ3n) is 6.44. The van der Waals surface area contributed by atoms with Crippen molar-refractivity contribution < 1.29 is 14.2 Å². The number of halogens is 1. The number of hydrogen-bond acceptors (Lipinski definition) is 4. The van der Waals surface area contributed by atoms with Gasteiger partial charge in [0.2, 0.25) is 0 Å². The van der Waals surface area contributed by atoms with Crippen LogP contribution in [0.4, 0.5) is 0 Å². The smallest absolute Gasteiger partial charge is 0.193 e. The molecule has 0 aromatic carbocycles. The van der Waals surface area contributed by atoms with Crippen molar-refractivity contribution in [2.75, 3.05) is 46.5 Å². The average molecular weight is 524 g/mol. The van der Waals surface area contributed by atoms with Gasteiger partial charge in [0.05, 0.1) is 24.4 Å². The molecule has 0 spiro atoms. The number of piperidine rings is 1. The summed E-state index contributed by atoms with van der Waals surface area (Å²) in [6, 6.07) is 0. The van der Waals surface area contributed by atoms with Gasteiger partial charge in [-0.05, 0) is 44.9 Å². The average Bonchev–Trinajstić information content (AvgIpc) is 3.26. The summed E-state index contributed by atoms with van der Waals surface area (Å²) in [4.78, 5) is 6.93. The molecule has 1 N–H and O–H groups in total. The maximum Gasteiger partial charge on any atom is 0.193 e. The van der Waals surface area contributed by atoms with Crippen LogP contribution in [0.3, 0.4) is 0 Å². The highest BCUT2D eigenvalue weighted by Crippen LogP contribution is 2.31. The Bertz CT molecular complexity index is 472. The second kappa shape index (κ2) is 13.3. The third-order valence-corrected chi connectivity index (χ3v) is 6.44. The van der Waals surface area contributed by atoms with E-state index in [2.05, 4.69) is 22.1 Å². The molecule has 2 heterocycles. The first-order valence-electron chi connectivity index (χ1n) is 11.6. The quantitative estimate of drug-likeness (QED) is 0.297. The van der Waals surface area contributed by atoms with Gasteiger partial charge in [-0.25, -0.2) is 0 Å². The molecular weight excluding hydrogens is 481 g/mol. The Hall–Kier alpha value is -0.120. The summed E-state index contributed by atoms with van der Waals surface area (Å²) in [7, 11) is 1.89. The lowest BCUT2D eigenvalue weighted by atomic mass is 9.84. The molecule has 170 valence electrons. The molecule has 0 bridgehead atoms. The van der Waals surface area contributed by atoms with Gasteiger partial charge in [-0.15, -0.1) is 24.0 Å². The van der Waals surface area contributed by atoms with Crippen molar-refractivity contribution in [3.8, 4) is 0 Å². The molecule has 29 heavy (non-hydrogen) atoms. The number of hydrogen-bond donors (Lipinski definition) is 1. The van der Waals surface area contributed by atoms with Crippen molar-refractivity contribution in [1.29, 1.82) is 0 Å². The molecule has 3 rings (SSSR count). The Balaban J connectivity index is 0.00000300. The molecule has 3 fully saturated rings. The Morgan fingerprint density at radius 1 is 1.14 bits per heavy atom. The SMILES string of the molecule is CCCOC1(CNC(=NC)N2CCC(OCC3CCCO3)CC2)CCCCC1.I. The van der Waals surface area contributed by atoms with E-state index < -0.39 is 0 Å². The van der Waals surface area contributed by atoms with Gasteiger partial charge in [0.15, 0.2) is 5.96 Å². The Morgan fingerprint density at radius 3 is 2.52 bits per heavy atom. The van der Waals surface area contributed by atoms with E-state index in [1.54, 1.807) is 0 Å². The maximum atomic E-state index is 6.33. The van der Waals surface area contributed by atoms with E-state index in [1.165, 1.54) is 25.7 Å². The predicted octanol–water partition coefficient (Wildman–Crippen LogP) is 3.97. The summed E-state index contributed by atoms with van der Waals surface area (Å²) < 4.78 is 18.1. The van der Waals surface area contributed by atoms with Crippen LogP contribution in [-0.4, -0.2) is 75.2 Å². The van der Waals surface area contributed by atoms with Gasteiger partial charge in [-0.1, -0.05) is 26.2 Å². The minimum Gasteiger partial charge on any atom is -0.376 e. The number of aliphatic imine (C=N–C) groups is 1. The lowest BCUT2D eigenvalue weighted by Crippen LogP contribution is -2.52. The summed E-state index contributed by atoms with van der Waals surface area (Å²) in [5, 5.41) is 3.64. The normalized spacial score (nSPS) is 25.7. The van der Waals surface area contributed by atoms with Gasteiger partial charge in [0.1, 0.15) is 0 Å². The van der Waals surface area contributed by atoms with Crippen molar-refractivity contribution in [2.24, 2.45) is 4.99 Å². The molecule has 0 radical (unpaired) electrons. The van der Waals surface area contributed by atoms with Crippen LogP contribution in [0.1, 0.15) is 71.1 Å². The van der Waals surface area contributed by atoms with Crippen LogP contribution in [0.2, 0.25) is 0 Å². The first-order valence-corrected chi connectivity index (χ1v) is 11.6. The highest BCUT2D eigenvalue weighted by molar-refractivity contribution is 14.0. The summed E-state index contributed by atoms with van der Waals surface area (Å²) in [5.74, 6) is 1.02. The number of guanidine groups is 1. The summed E-state index contributed by atoms with van der Waals surface area (Å²) in [6.45, 7) is 7.57. The van der Waals surface area contributed by atoms with Crippen molar-refractivity contribution in [3.05, 3.63) is 0 Å². The summed E-state index contributed by atoms with van der Waals surface area (Å²) in [5.41, 5.74) is -0.00703. The maximum absolute atomic E-state index is 6.33. The minimum atomic E-state index is -0.00703. The van der Waals surface area contributed by atoms with E-state index in [1.807, 2.05) is 7.05 Å². The fourth-order valence-corrected chi connectivity index (χ4v) is 4.71. The second-order valence-electron chi connectivity index (χ2n) is 8.65. The summed E-state index contributed by atoms with van der Waals surface area (Å²) in [6.07, 6.45) is 12.4. The van der Waals surface area contributed by atoms with Gasteiger partial charge in [-0.2, -0.15) is 0 Å². The van der Waals surface area contributed by atoms with E-state index in [0.29, 0.717) is 12.2 Å². The number of nitrogens with one attached hydrogen (secondary N) is 1. The number of nitrogens with zero attached hydrogens (tertiary/aromatic N) is 2. The van der Waals surface area contributed by atoms with Crippen molar-refractivity contribution in [1.82, 2.24) is 10.2 Å².